The third-order valence-electron chi connectivity index (χ3n) is 6.00. The maximum Gasteiger partial charge on any atom is 0.331 e. The van der Waals surface area contributed by atoms with E-state index < -0.39 is 5.97 Å². The van der Waals surface area contributed by atoms with Gasteiger partial charge in [0.05, 0.1) is 23.2 Å². The summed E-state index contributed by atoms with van der Waals surface area (Å²) in [6.07, 6.45) is 1.41. The van der Waals surface area contributed by atoms with Crippen molar-refractivity contribution in [1.29, 1.82) is 0 Å². The van der Waals surface area contributed by atoms with Gasteiger partial charge in [-0.05, 0) is 50.1 Å². The van der Waals surface area contributed by atoms with Crippen molar-refractivity contribution in [3.63, 3.8) is 0 Å². The van der Waals surface area contributed by atoms with Gasteiger partial charge in [-0.25, -0.2) is 4.79 Å². The summed E-state index contributed by atoms with van der Waals surface area (Å²) in [4.78, 5) is 29.4. The van der Waals surface area contributed by atoms with Gasteiger partial charge in [0.15, 0.2) is 5.78 Å². The molecule has 0 unspecified atom stereocenters. The molecule has 0 fully saturated rings. The van der Waals surface area contributed by atoms with Gasteiger partial charge in [-0.2, -0.15) is 0 Å². The Morgan fingerprint density at radius 2 is 1.82 bits per heavy atom. The second kappa shape index (κ2) is 8.54. The monoisotopic (exact) mass is 440 g/mol. The van der Waals surface area contributed by atoms with Gasteiger partial charge in [-0.3, -0.25) is 4.79 Å². The molecule has 1 aromatic heterocycles. The number of nitrogens with zero attached hydrogens (tertiary/aromatic N) is 2. The summed E-state index contributed by atoms with van der Waals surface area (Å²) < 4.78 is 8.45. The maximum absolute atomic E-state index is 13.1. The number of hydrogen-bond acceptors (Lipinski definition) is 5. The molecular weight excluding hydrogens is 416 g/mol. The summed E-state index contributed by atoms with van der Waals surface area (Å²) in [5.41, 5.74) is 4.86. The van der Waals surface area contributed by atoms with Crippen molar-refractivity contribution in [1.82, 2.24) is 4.57 Å². The van der Waals surface area contributed by atoms with Crippen LogP contribution in [-0.4, -0.2) is 28.6 Å². The van der Waals surface area contributed by atoms with E-state index in [-0.39, 0.29) is 5.78 Å². The molecule has 4 aromatic rings. The Hall–Kier alpha value is -3.93. The first kappa shape index (κ1) is 20.9. The lowest BCUT2D eigenvalue weighted by atomic mass is 9.99. The minimum Gasteiger partial charge on any atom is -0.492 e. The topological polar surface area (TPSA) is 69.9 Å². The molecular formula is C27H24N2O4. The van der Waals surface area contributed by atoms with Crippen LogP contribution in [0.15, 0.2) is 65.8 Å². The number of carbonyl (C=O) groups is 2. The number of ketones is 1. The molecule has 5 rings (SSSR count). The lowest BCUT2D eigenvalue weighted by Crippen LogP contribution is -2.03. The third-order valence-corrected chi connectivity index (χ3v) is 6.00. The summed E-state index contributed by atoms with van der Waals surface area (Å²) in [6, 6.07) is 19.2. The molecule has 0 N–H and O–H groups in total. The van der Waals surface area contributed by atoms with Crippen LogP contribution in [0, 0.1) is 0 Å². The number of benzene rings is 3. The highest BCUT2D eigenvalue weighted by Gasteiger charge is 2.23. The molecule has 1 aliphatic heterocycles. The summed E-state index contributed by atoms with van der Waals surface area (Å²) in [6.45, 7) is 4.75. The van der Waals surface area contributed by atoms with E-state index in [1.165, 1.54) is 6.92 Å². The number of fused-ring (bicyclic) bond motifs is 5. The SMILES string of the molecule is CCn1c2ccc(C(=O)c3ccccc3)cc2c2c3c(ccc21)/C(=N/OC(C)=O)CCCO3. The quantitative estimate of drug-likeness (QED) is 0.239. The van der Waals surface area contributed by atoms with Crippen LogP contribution in [0.1, 0.15) is 48.2 Å². The lowest BCUT2D eigenvalue weighted by molar-refractivity contribution is -0.140. The Kier molecular flexibility index (Phi) is 5.42. The molecule has 0 saturated carbocycles. The minimum atomic E-state index is -0.457. The normalized spacial score (nSPS) is 14.7. The molecule has 2 heterocycles. The number of carbonyl (C=O) groups excluding carboxylic acids is 2. The molecule has 0 amide bonds. The van der Waals surface area contributed by atoms with Gasteiger partial charge >= 0.3 is 5.97 Å². The summed E-state index contributed by atoms with van der Waals surface area (Å²) in [7, 11) is 0. The number of aryl methyl sites for hydroxylation is 1. The van der Waals surface area contributed by atoms with Gasteiger partial charge in [0.1, 0.15) is 5.75 Å². The average molecular weight is 440 g/mol. The van der Waals surface area contributed by atoms with Crippen LogP contribution < -0.4 is 4.74 Å². The highest BCUT2D eigenvalue weighted by Crippen LogP contribution is 2.40. The summed E-state index contributed by atoms with van der Waals surface area (Å²) >= 11 is 0. The molecule has 0 bridgehead atoms. The van der Waals surface area contributed by atoms with Crippen LogP contribution in [0.2, 0.25) is 0 Å². The van der Waals surface area contributed by atoms with Gasteiger partial charge in [0.25, 0.3) is 0 Å². The number of aromatic nitrogens is 1. The lowest BCUT2D eigenvalue weighted by Gasteiger charge is -2.10. The molecule has 0 aliphatic carbocycles. The molecule has 166 valence electrons. The van der Waals surface area contributed by atoms with Crippen molar-refractivity contribution in [2.75, 3.05) is 6.61 Å². The Bertz CT molecular complexity index is 1420. The molecule has 3 aromatic carbocycles. The maximum atomic E-state index is 13.1. The Morgan fingerprint density at radius 1 is 1.03 bits per heavy atom. The van der Waals surface area contributed by atoms with Crippen LogP contribution in [0.4, 0.5) is 0 Å². The first-order valence-electron chi connectivity index (χ1n) is 11.1. The van der Waals surface area contributed by atoms with Gasteiger partial charge in [-0.15, -0.1) is 0 Å². The van der Waals surface area contributed by atoms with Crippen LogP contribution in [0.5, 0.6) is 5.75 Å². The first-order chi connectivity index (χ1) is 16.1. The Labute approximate surface area is 191 Å². The van der Waals surface area contributed by atoms with Crippen LogP contribution in [0.25, 0.3) is 21.8 Å². The van der Waals surface area contributed by atoms with Gasteiger partial charge in [0, 0.05) is 41.1 Å². The predicted molar refractivity (Wildman–Crippen MR) is 128 cm³/mol. The van der Waals surface area contributed by atoms with Crippen molar-refractivity contribution in [3.8, 4) is 5.75 Å². The van der Waals surface area contributed by atoms with Gasteiger partial charge in [-0.1, -0.05) is 35.5 Å². The van der Waals surface area contributed by atoms with E-state index in [0.29, 0.717) is 29.9 Å². The van der Waals surface area contributed by atoms with Crippen LogP contribution >= 0.6 is 0 Å². The fraction of sp³-hybridized carbons (Fsp3) is 0.222. The molecule has 0 atom stereocenters. The Balaban J connectivity index is 1.76. The predicted octanol–water partition coefficient (Wildman–Crippen LogP) is 5.49. The van der Waals surface area contributed by atoms with Crippen LogP contribution in [0.3, 0.4) is 0 Å². The fourth-order valence-corrected chi connectivity index (χ4v) is 4.54. The number of hydrogen-bond donors (Lipinski definition) is 0. The fourth-order valence-electron chi connectivity index (χ4n) is 4.54. The summed E-state index contributed by atoms with van der Waals surface area (Å²) in [5.74, 6) is 0.245. The number of rotatable bonds is 4. The highest BCUT2D eigenvalue weighted by atomic mass is 16.7. The zero-order valence-corrected chi connectivity index (χ0v) is 18.6. The van der Waals surface area contributed by atoms with E-state index in [1.807, 2.05) is 60.7 Å². The minimum absolute atomic E-state index is 0.0186. The largest absolute Gasteiger partial charge is 0.492 e. The number of oxime groups is 1. The molecule has 33 heavy (non-hydrogen) atoms. The molecule has 0 spiro atoms. The van der Waals surface area contributed by atoms with Gasteiger partial charge < -0.3 is 14.1 Å². The van der Waals surface area contributed by atoms with E-state index >= 15 is 0 Å². The summed E-state index contributed by atoms with van der Waals surface area (Å²) in [5, 5.41) is 6.02. The molecule has 6 heteroatoms. The van der Waals surface area contributed by atoms with E-state index in [1.54, 1.807) is 0 Å². The van der Waals surface area contributed by atoms with Gasteiger partial charge in [0.2, 0.25) is 0 Å². The molecule has 0 saturated heterocycles. The molecule has 6 nitrogen and oxygen atoms in total. The van der Waals surface area contributed by atoms with Crippen molar-refractivity contribution in [3.05, 3.63) is 77.4 Å². The molecule has 0 radical (unpaired) electrons. The van der Waals surface area contributed by atoms with E-state index in [0.717, 1.165) is 46.1 Å². The second-order valence-corrected chi connectivity index (χ2v) is 8.08. The van der Waals surface area contributed by atoms with Crippen molar-refractivity contribution in [2.45, 2.75) is 33.2 Å². The van der Waals surface area contributed by atoms with Crippen molar-refractivity contribution >= 4 is 39.3 Å². The smallest absolute Gasteiger partial charge is 0.331 e. The zero-order chi connectivity index (χ0) is 22.9. The standard InChI is InChI=1S/C27H24N2O4/c1-3-29-23-13-11-19(26(31)18-8-5-4-6-9-18)16-21(23)25-24(29)14-12-20-22(28-33-17(2)30)10-7-15-32-27(20)25/h4-6,8-9,11-14,16H,3,7,10,15H2,1-2H3/b28-22+. The van der Waals surface area contributed by atoms with Crippen molar-refractivity contribution < 1.29 is 19.2 Å². The Morgan fingerprint density at radius 3 is 2.58 bits per heavy atom. The number of ether oxygens (including phenoxy) is 1. The zero-order valence-electron chi connectivity index (χ0n) is 18.6. The second-order valence-electron chi connectivity index (χ2n) is 8.08. The van der Waals surface area contributed by atoms with E-state index in [4.69, 9.17) is 9.57 Å². The van der Waals surface area contributed by atoms with E-state index in [2.05, 4.69) is 16.6 Å². The first-order valence-corrected chi connectivity index (χ1v) is 11.1. The average Bonchev–Trinajstić information content (AvgIpc) is 3.01. The van der Waals surface area contributed by atoms with E-state index in [9.17, 15) is 9.59 Å². The highest BCUT2D eigenvalue weighted by molar-refractivity contribution is 6.19. The van der Waals surface area contributed by atoms with Crippen molar-refractivity contribution in [2.24, 2.45) is 5.16 Å². The molecule has 1 aliphatic rings. The van der Waals surface area contributed by atoms with Crippen LogP contribution in [-0.2, 0) is 16.2 Å². The third kappa shape index (κ3) is 3.67.